The van der Waals surface area contributed by atoms with Gasteiger partial charge in [-0.3, -0.25) is 4.79 Å². The van der Waals surface area contributed by atoms with Gasteiger partial charge in [-0.05, 0) is 37.8 Å². The van der Waals surface area contributed by atoms with Crippen molar-refractivity contribution in [1.29, 1.82) is 0 Å². The number of aromatic amines is 1. The molecule has 0 aliphatic carbocycles. The van der Waals surface area contributed by atoms with Crippen LogP contribution < -0.4 is 11.1 Å². The van der Waals surface area contributed by atoms with Crippen LogP contribution in [0.4, 0.5) is 0 Å². The first-order valence-corrected chi connectivity index (χ1v) is 8.28. The Kier molecular flexibility index (Phi) is 5.42. The van der Waals surface area contributed by atoms with Gasteiger partial charge in [-0.2, -0.15) is 0 Å². The topological polar surface area (TPSA) is 83.8 Å². The maximum Gasteiger partial charge on any atom is 0.220 e. The summed E-state index contributed by atoms with van der Waals surface area (Å²) in [4.78, 5) is 20.1. The van der Waals surface area contributed by atoms with Crippen molar-refractivity contribution in [2.45, 2.75) is 52.5 Å². The molecule has 4 N–H and O–H groups in total. The average Bonchev–Trinajstić information content (AvgIpc) is 2.89. The third-order valence-corrected chi connectivity index (χ3v) is 4.10. The molecule has 0 radical (unpaired) electrons. The van der Waals surface area contributed by atoms with Gasteiger partial charge in [0.25, 0.3) is 0 Å². The Hall–Kier alpha value is -1.88. The van der Waals surface area contributed by atoms with E-state index in [0.717, 1.165) is 28.8 Å². The highest BCUT2D eigenvalue weighted by Crippen LogP contribution is 2.17. The minimum absolute atomic E-state index is 0.0239. The normalized spacial score (nSPS) is 14.2. The number of H-pyrrole nitrogens is 1. The van der Waals surface area contributed by atoms with Gasteiger partial charge in [-0.15, -0.1) is 0 Å². The molecule has 5 nitrogen and oxygen atoms in total. The maximum atomic E-state index is 12.2. The number of benzene rings is 1. The van der Waals surface area contributed by atoms with E-state index in [4.69, 9.17) is 5.73 Å². The van der Waals surface area contributed by atoms with Crippen molar-refractivity contribution in [3.05, 3.63) is 29.6 Å². The molecule has 0 aliphatic heterocycles. The Morgan fingerprint density at radius 3 is 2.78 bits per heavy atom. The summed E-state index contributed by atoms with van der Waals surface area (Å²) >= 11 is 0. The summed E-state index contributed by atoms with van der Waals surface area (Å²) in [6.45, 7) is 8.77. The third-order valence-electron chi connectivity index (χ3n) is 4.10. The molecule has 0 saturated heterocycles. The maximum absolute atomic E-state index is 12.2. The van der Waals surface area contributed by atoms with E-state index in [9.17, 15) is 4.79 Å². The summed E-state index contributed by atoms with van der Waals surface area (Å²) in [5, 5.41) is 3.08. The van der Waals surface area contributed by atoms with Crippen LogP contribution in [0.2, 0.25) is 0 Å². The number of nitrogens with one attached hydrogen (secondary N) is 2. The number of nitrogens with zero attached hydrogens (tertiary/aromatic N) is 1. The number of aryl methyl sites for hydroxylation is 2. The number of nitrogens with two attached hydrogens (primary N) is 1. The number of fused-ring (bicyclic) bond motifs is 1. The number of amides is 1. The summed E-state index contributed by atoms with van der Waals surface area (Å²) in [6.07, 6.45) is 1.88. The van der Waals surface area contributed by atoms with E-state index in [-0.39, 0.29) is 11.4 Å². The molecular formula is C18H28N4O. The highest BCUT2D eigenvalue weighted by Gasteiger charge is 2.25. The average molecular weight is 316 g/mol. The Bertz CT molecular complexity index is 677. The van der Waals surface area contributed by atoms with Crippen LogP contribution in [0.5, 0.6) is 0 Å². The van der Waals surface area contributed by atoms with Gasteiger partial charge in [0, 0.05) is 24.9 Å². The van der Waals surface area contributed by atoms with Gasteiger partial charge in [0.15, 0.2) is 0 Å². The van der Waals surface area contributed by atoms with Crippen molar-refractivity contribution >= 4 is 16.9 Å². The predicted octanol–water partition coefficient (Wildman–Crippen LogP) is 2.68. The van der Waals surface area contributed by atoms with Crippen LogP contribution in [0.3, 0.4) is 0 Å². The standard InChI is InChI=1S/C18H28N4O/c1-12(2)10-18(4,11-19)22-16(23)9-8-15-20-14-7-5-6-13(3)17(14)21-15/h5-7,12H,8-11,19H2,1-4H3,(H,20,21)(H,22,23). The van der Waals surface area contributed by atoms with E-state index in [1.165, 1.54) is 0 Å². The molecule has 1 amide bonds. The van der Waals surface area contributed by atoms with E-state index in [0.29, 0.717) is 25.3 Å². The number of carbonyl (C=O) groups excluding carboxylic acids is 1. The van der Waals surface area contributed by atoms with Crippen molar-refractivity contribution in [2.75, 3.05) is 6.54 Å². The molecule has 1 atom stereocenters. The fourth-order valence-corrected chi connectivity index (χ4v) is 3.06. The van der Waals surface area contributed by atoms with Gasteiger partial charge in [0.1, 0.15) is 5.82 Å². The van der Waals surface area contributed by atoms with E-state index in [1.807, 2.05) is 32.0 Å². The van der Waals surface area contributed by atoms with Crippen LogP contribution in [-0.2, 0) is 11.2 Å². The number of aromatic nitrogens is 2. The van der Waals surface area contributed by atoms with Crippen LogP contribution in [0.25, 0.3) is 11.0 Å². The molecule has 0 bridgehead atoms. The molecular weight excluding hydrogens is 288 g/mol. The van der Waals surface area contributed by atoms with Crippen molar-refractivity contribution in [2.24, 2.45) is 11.7 Å². The molecule has 2 aromatic rings. The van der Waals surface area contributed by atoms with Gasteiger partial charge >= 0.3 is 0 Å². The van der Waals surface area contributed by atoms with Crippen LogP contribution >= 0.6 is 0 Å². The lowest BCUT2D eigenvalue weighted by molar-refractivity contribution is -0.122. The van der Waals surface area contributed by atoms with E-state index in [1.54, 1.807) is 0 Å². The van der Waals surface area contributed by atoms with Crippen molar-refractivity contribution in [3.63, 3.8) is 0 Å². The molecule has 5 heteroatoms. The van der Waals surface area contributed by atoms with E-state index < -0.39 is 0 Å². The van der Waals surface area contributed by atoms with Crippen LogP contribution in [0.15, 0.2) is 18.2 Å². The molecule has 0 aliphatic rings. The first kappa shape index (κ1) is 17.5. The monoisotopic (exact) mass is 316 g/mol. The predicted molar refractivity (Wildman–Crippen MR) is 94.2 cm³/mol. The largest absolute Gasteiger partial charge is 0.350 e. The van der Waals surface area contributed by atoms with Crippen LogP contribution in [0, 0.1) is 12.8 Å². The second kappa shape index (κ2) is 7.13. The molecule has 23 heavy (non-hydrogen) atoms. The number of carbonyl (C=O) groups is 1. The summed E-state index contributed by atoms with van der Waals surface area (Å²) in [7, 11) is 0. The Morgan fingerprint density at radius 1 is 1.43 bits per heavy atom. The van der Waals surface area contributed by atoms with Crippen LogP contribution in [0.1, 0.15) is 45.0 Å². The van der Waals surface area contributed by atoms with Gasteiger partial charge in [-0.1, -0.05) is 26.0 Å². The minimum Gasteiger partial charge on any atom is -0.350 e. The number of para-hydroxylation sites is 1. The third kappa shape index (κ3) is 4.55. The van der Waals surface area contributed by atoms with E-state index >= 15 is 0 Å². The van der Waals surface area contributed by atoms with Gasteiger partial charge in [-0.25, -0.2) is 4.98 Å². The highest BCUT2D eigenvalue weighted by atomic mass is 16.1. The highest BCUT2D eigenvalue weighted by molar-refractivity contribution is 5.79. The molecule has 0 fully saturated rings. The second-order valence-electron chi connectivity index (χ2n) is 7.07. The quantitative estimate of drug-likeness (QED) is 0.734. The van der Waals surface area contributed by atoms with Gasteiger partial charge < -0.3 is 16.0 Å². The number of imidazole rings is 1. The number of rotatable bonds is 7. The van der Waals surface area contributed by atoms with Crippen molar-refractivity contribution in [3.8, 4) is 0 Å². The zero-order valence-electron chi connectivity index (χ0n) is 14.6. The summed E-state index contributed by atoms with van der Waals surface area (Å²) in [6, 6.07) is 6.05. The molecule has 1 aromatic carbocycles. The smallest absolute Gasteiger partial charge is 0.220 e. The summed E-state index contributed by atoms with van der Waals surface area (Å²) in [5.41, 5.74) is 8.65. The fourth-order valence-electron chi connectivity index (χ4n) is 3.06. The second-order valence-corrected chi connectivity index (χ2v) is 7.07. The number of hydrogen-bond donors (Lipinski definition) is 3. The zero-order valence-corrected chi connectivity index (χ0v) is 14.6. The van der Waals surface area contributed by atoms with Gasteiger partial charge in [0.2, 0.25) is 5.91 Å². The lowest BCUT2D eigenvalue weighted by Crippen LogP contribution is -2.52. The molecule has 1 heterocycles. The Labute approximate surface area is 138 Å². The first-order chi connectivity index (χ1) is 10.8. The molecule has 0 saturated carbocycles. The van der Waals surface area contributed by atoms with Crippen molar-refractivity contribution in [1.82, 2.24) is 15.3 Å². The fraction of sp³-hybridized carbons (Fsp3) is 0.556. The molecule has 126 valence electrons. The Balaban J connectivity index is 1.96. The first-order valence-electron chi connectivity index (χ1n) is 8.28. The SMILES string of the molecule is Cc1cccc2[nH]c(CCC(=O)NC(C)(CN)CC(C)C)nc12. The Morgan fingerprint density at radius 2 is 2.17 bits per heavy atom. The molecule has 2 rings (SSSR count). The lowest BCUT2D eigenvalue weighted by Gasteiger charge is -2.31. The number of hydrogen-bond acceptors (Lipinski definition) is 3. The zero-order chi connectivity index (χ0) is 17.0. The van der Waals surface area contributed by atoms with E-state index in [2.05, 4.69) is 29.1 Å². The van der Waals surface area contributed by atoms with Crippen LogP contribution in [-0.4, -0.2) is 28.0 Å². The minimum atomic E-state index is -0.338. The van der Waals surface area contributed by atoms with Crippen molar-refractivity contribution < 1.29 is 4.79 Å². The van der Waals surface area contributed by atoms with Gasteiger partial charge in [0.05, 0.1) is 11.0 Å². The molecule has 1 aromatic heterocycles. The molecule has 0 spiro atoms. The summed E-state index contributed by atoms with van der Waals surface area (Å²) in [5.74, 6) is 1.36. The lowest BCUT2D eigenvalue weighted by atomic mass is 9.90. The summed E-state index contributed by atoms with van der Waals surface area (Å²) < 4.78 is 0. The molecule has 1 unspecified atom stereocenters.